The number of rotatable bonds is 6. The van der Waals surface area contributed by atoms with Gasteiger partial charge >= 0.3 is 0 Å². The molecule has 2 N–H and O–H groups in total. The third-order valence-corrected chi connectivity index (χ3v) is 2.87. The van der Waals surface area contributed by atoms with Gasteiger partial charge in [-0.05, 0) is 25.0 Å². The summed E-state index contributed by atoms with van der Waals surface area (Å²) >= 11 is 0. The van der Waals surface area contributed by atoms with E-state index >= 15 is 0 Å². The molecule has 1 aliphatic rings. The fraction of sp³-hybridized carbons (Fsp3) is 0.538. The number of anilines is 2. The predicted octanol–water partition coefficient (Wildman–Crippen LogP) is 1.26. The molecule has 1 aromatic rings. The van der Waals surface area contributed by atoms with Gasteiger partial charge in [-0.3, -0.25) is 4.79 Å². The number of hydrogen-bond acceptors (Lipinski definition) is 5. The highest BCUT2D eigenvalue weighted by Gasteiger charge is 2.23. The van der Waals surface area contributed by atoms with Gasteiger partial charge in [0.25, 0.3) is 5.91 Å². The number of carbonyl (C=O) groups is 1. The first-order valence-corrected chi connectivity index (χ1v) is 6.41. The molecular formula is C13H19N3O3. The van der Waals surface area contributed by atoms with Gasteiger partial charge < -0.3 is 20.1 Å². The van der Waals surface area contributed by atoms with E-state index in [1.54, 1.807) is 13.3 Å². The van der Waals surface area contributed by atoms with E-state index in [9.17, 15) is 4.79 Å². The van der Waals surface area contributed by atoms with Crippen LogP contribution < -0.4 is 10.6 Å². The van der Waals surface area contributed by atoms with Gasteiger partial charge in [-0.15, -0.1) is 0 Å². The summed E-state index contributed by atoms with van der Waals surface area (Å²) in [5.41, 5.74) is 0.679. The van der Waals surface area contributed by atoms with Crippen LogP contribution in [0.15, 0.2) is 18.3 Å². The van der Waals surface area contributed by atoms with Crippen molar-refractivity contribution < 1.29 is 14.3 Å². The van der Waals surface area contributed by atoms with E-state index in [2.05, 4.69) is 15.6 Å². The number of nitrogens with one attached hydrogen (secondary N) is 2. The lowest BCUT2D eigenvalue weighted by Gasteiger charge is -2.10. The van der Waals surface area contributed by atoms with Crippen LogP contribution in [0.4, 0.5) is 11.5 Å². The Bertz CT molecular complexity index is 402. The molecule has 1 unspecified atom stereocenters. The van der Waals surface area contributed by atoms with Crippen LogP contribution in [0, 0.1) is 0 Å². The number of nitrogens with zero attached hydrogens (tertiary/aromatic N) is 1. The lowest BCUT2D eigenvalue weighted by Crippen LogP contribution is -2.26. The molecule has 6 heteroatoms. The Morgan fingerprint density at radius 2 is 2.47 bits per heavy atom. The van der Waals surface area contributed by atoms with Crippen molar-refractivity contribution >= 4 is 17.4 Å². The summed E-state index contributed by atoms with van der Waals surface area (Å²) in [4.78, 5) is 16.0. The smallest absolute Gasteiger partial charge is 0.253 e. The Morgan fingerprint density at radius 1 is 1.58 bits per heavy atom. The van der Waals surface area contributed by atoms with Crippen molar-refractivity contribution in [3.63, 3.8) is 0 Å². The predicted molar refractivity (Wildman–Crippen MR) is 72.2 cm³/mol. The van der Waals surface area contributed by atoms with Crippen molar-refractivity contribution in [3.05, 3.63) is 18.3 Å². The summed E-state index contributed by atoms with van der Waals surface area (Å²) in [5.74, 6) is 0.659. The zero-order chi connectivity index (χ0) is 13.5. The van der Waals surface area contributed by atoms with Gasteiger partial charge in [-0.25, -0.2) is 4.98 Å². The molecule has 0 saturated carbocycles. The molecule has 19 heavy (non-hydrogen) atoms. The molecule has 0 bridgehead atoms. The highest BCUT2D eigenvalue weighted by Crippen LogP contribution is 2.15. The molecule has 1 saturated heterocycles. The molecule has 1 amide bonds. The number of pyridine rings is 1. The number of aromatic nitrogens is 1. The maximum Gasteiger partial charge on any atom is 0.253 e. The number of hydrogen-bond donors (Lipinski definition) is 2. The Kier molecular flexibility index (Phi) is 5.11. The van der Waals surface area contributed by atoms with Crippen molar-refractivity contribution in [2.45, 2.75) is 18.9 Å². The van der Waals surface area contributed by atoms with Crippen LogP contribution in [-0.4, -0.2) is 43.9 Å². The van der Waals surface area contributed by atoms with E-state index < -0.39 is 0 Å². The van der Waals surface area contributed by atoms with E-state index in [-0.39, 0.29) is 12.0 Å². The maximum absolute atomic E-state index is 11.8. The molecule has 1 atom stereocenters. The normalized spacial score (nSPS) is 18.3. The Hall–Kier alpha value is -1.66. The van der Waals surface area contributed by atoms with E-state index in [0.717, 1.165) is 18.7 Å². The summed E-state index contributed by atoms with van der Waals surface area (Å²) in [5, 5.41) is 5.91. The zero-order valence-electron chi connectivity index (χ0n) is 11.0. The average molecular weight is 265 g/mol. The molecule has 0 radical (unpaired) electrons. The average Bonchev–Trinajstić information content (AvgIpc) is 2.95. The molecule has 2 heterocycles. The number of methoxy groups -OCH3 is 1. The van der Waals surface area contributed by atoms with Crippen molar-refractivity contribution in [2.24, 2.45) is 0 Å². The molecule has 1 aromatic heterocycles. The lowest BCUT2D eigenvalue weighted by molar-refractivity contribution is -0.124. The molecule has 0 spiro atoms. The SMILES string of the molecule is COCCNc1ccc(NC(=O)C2CCCO2)cn1. The third-order valence-electron chi connectivity index (χ3n) is 2.87. The summed E-state index contributed by atoms with van der Waals surface area (Å²) in [6.45, 7) is 1.99. The fourth-order valence-corrected chi connectivity index (χ4v) is 1.86. The summed E-state index contributed by atoms with van der Waals surface area (Å²) in [6.07, 6.45) is 3.04. The van der Waals surface area contributed by atoms with Crippen LogP contribution in [0.3, 0.4) is 0 Å². The van der Waals surface area contributed by atoms with Crippen LogP contribution >= 0.6 is 0 Å². The number of carbonyl (C=O) groups excluding carboxylic acids is 1. The number of amides is 1. The number of ether oxygens (including phenoxy) is 2. The van der Waals surface area contributed by atoms with Crippen LogP contribution in [0.5, 0.6) is 0 Å². The van der Waals surface area contributed by atoms with Gasteiger partial charge in [0.2, 0.25) is 0 Å². The highest BCUT2D eigenvalue weighted by molar-refractivity contribution is 5.94. The Balaban J connectivity index is 1.82. The first kappa shape index (κ1) is 13.8. The second kappa shape index (κ2) is 7.06. The molecule has 2 rings (SSSR count). The molecule has 0 aromatic carbocycles. The lowest BCUT2D eigenvalue weighted by atomic mass is 10.2. The van der Waals surface area contributed by atoms with E-state index in [1.807, 2.05) is 12.1 Å². The molecular weight excluding hydrogens is 246 g/mol. The minimum atomic E-state index is -0.320. The van der Waals surface area contributed by atoms with Crippen LogP contribution in [0.1, 0.15) is 12.8 Å². The van der Waals surface area contributed by atoms with Gasteiger partial charge in [0, 0.05) is 20.3 Å². The molecule has 1 fully saturated rings. The molecule has 104 valence electrons. The van der Waals surface area contributed by atoms with Gasteiger partial charge in [-0.1, -0.05) is 0 Å². The second-order valence-corrected chi connectivity index (χ2v) is 4.34. The van der Waals surface area contributed by atoms with E-state index in [4.69, 9.17) is 9.47 Å². The standard InChI is InChI=1S/C13H19N3O3/c1-18-8-6-14-12-5-4-10(9-15-12)16-13(17)11-3-2-7-19-11/h4-5,9,11H,2-3,6-8H2,1H3,(H,14,15)(H,16,17). The zero-order valence-corrected chi connectivity index (χ0v) is 11.0. The minimum absolute atomic E-state index is 0.0978. The first-order valence-electron chi connectivity index (χ1n) is 6.41. The minimum Gasteiger partial charge on any atom is -0.383 e. The molecule has 1 aliphatic heterocycles. The third kappa shape index (κ3) is 4.18. The fourth-order valence-electron chi connectivity index (χ4n) is 1.86. The highest BCUT2D eigenvalue weighted by atomic mass is 16.5. The van der Waals surface area contributed by atoms with Gasteiger partial charge in [0.1, 0.15) is 11.9 Å². The largest absolute Gasteiger partial charge is 0.383 e. The maximum atomic E-state index is 11.8. The van der Waals surface area contributed by atoms with Crippen LogP contribution in [0.2, 0.25) is 0 Å². The summed E-state index contributed by atoms with van der Waals surface area (Å²) < 4.78 is 10.3. The van der Waals surface area contributed by atoms with Crippen molar-refractivity contribution in [3.8, 4) is 0 Å². The summed E-state index contributed by atoms with van der Waals surface area (Å²) in [6, 6.07) is 3.63. The van der Waals surface area contributed by atoms with Gasteiger partial charge in [-0.2, -0.15) is 0 Å². The molecule has 0 aliphatic carbocycles. The topological polar surface area (TPSA) is 72.5 Å². The first-order chi connectivity index (χ1) is 9.29. The molecule has 6 nitrogen and oxygen atoms in total. The van der Waals surface area contributed by atoms with Crippen LogP contribution in [0.25, 0.3) is 0 Å². The van der Waals surface area contributed by atoms with E-state index in [0.29, 0.717) is 25.4 Å². The Morgan fingerprint density at radius 3 is 3.11 bits per heavy atom. The van der Waals surface area contributed by atoms with Crippen LogP contribution in [-0.2, 0) is 14.3 Å². The van der Waals surface area contributed by atoms with Gasteiger partial charge in [0.05, 0.1) is 18.5 Å². The van der Waals surface area contributed by atoms with Gasteiger partial charge in [0.15, 0.2) is 0 Å². The Labute approximate surface area is 112 Å². The monoisotopic (exact) mass is 265 g/mol. The second-order valence-electron chi connectivity index (χ2n) is 4.34. The van der Waals surface area contributed by atoms with Crippen molar-refractivity contribution in [1.82, 2.24) is 4.98 Å². The summed E-state index contributed by atoms with van der Waals surface area (Å²) in [7, 11) is 1.65. The quantitative estimate of drug-likeness (QED) is 0.758. The van der Waals surface area contributed by atoms with E-state index in [1.165, 1.54) is 0 Å². The van der Waals surface area contributed by atoms with Crippen molar-refractivity contribution in [2.75, 3.05) is 37.5 Å². The van der Waals surface area contributed by atoms with Crippen molar-refractivity contribution in [1.29, 1.82) is 0 Å².